The van der Waals surface area contributed by atoms with Crippen molar-refractivity contribution in [3.05, 3.63) is 101 Å². The molecule has 0 spiro atoms. The van der Waals surface area contributed by atoms with Crippen molar-refractivity contribution in [1.29, 1.82) is 0 Å². The number of carbonyl (C=O) groups excluding carboxylic acids is 1. The number of benzene rings is 3. The summed E-state index contributed by atoms with van der Waals surface area (Å²) in [5, 5.41) is -0.797. The van der Waals surface area contributed by atoms with Crippen LogP contribution in [0.25, 0.3) is 0 Å². The largest absolute Gasteiger partial charge is 0.292 e. The zero-order valence-corrected chi connectivity index (χ0v) is 15.8. The third-order valence-corrected chi connectivity index (χ3v) is 6.90. The second kappa shape index (κ2) is 6.83. The monoisotopic (exact) mass is 397 g/mol. The number of sulfonamides is 1. The van der Waals surface area contributed by atoms with Crippen LogP contribution in [0.5, 0.6) is 0 Å². The van der Waals surface area contributed by atoms with E-state index in [1.165, 1.54) is 4.31 Å². The zero-order valence-electron chi connectivity index (χ0n) is 14.2. The molecule has 1 aliphatic heterocycles. The molecule has 4 nitrogen and oxygen atoms in total. The summed E-state index contributed by atoms with van der Waals surface area (Å²) in [6.07, 6.45) is 0. The first-order valence-corrected chi connectivity index (χ1v) is 10.3. The highest BCUT2D eigenvalue weighted by Gasteiger charge is 2.45. The third kappa shape index (κ3) is 3.13. The Morgan fingerprint density at radius 1 is 0.852 bits per heavy atom. The van der Waals surface area contributed by atoms with Crippen LogP contribution in [-0.4, -0.2) is 14.2 Å². The predicted molar refractivity (Wildman–Crippen MR) is 107 cm³/mol. The molecule has 6 heteroatoms. The lowest BCUT2D eigenvalue weighted by molar-refractivity contribution is 0.0985. The van der Waals surface area contributed by atoms with Crippen LogP contribution in [0.4, 0.5) is 5.69 Å². The number of rotatable bonds is 3. The molecule has 0 aliphatic carbocycles. The average Bonchev–Trinajstić information content (AvgIpc) is 2.67. The van der Waals surface area contributed by atoms with Gasteiger partial charge in [0.2, 0.25) is 10.0 Å². The highest BCUT2D eigenvalue weighted by Crippen LogP contribution is 2.41. The Morgan fingerprint density at radius 2 is 1.48 bits per heavy atom. The SMILES string of the molecule is O=C1c2ccccc2N(Cc2ccccc2)S(=O)(=O)C1c1ccc(Cl)cc1. The number of carbonyl (C=O) groups is 1. The molecule has 0 radical (unpaired) electrons. The molecule has 3 aromatic rings. The van der Waals surface area contributed by atoms with Gasteiger partial charge < -0.3 is 0 Å². The van der Waals surface area contributed by atoms with Gasteiger partial charge in [0.15, 0.2) is 11.0 Å². The van der Waals surface area contributed by atoms with E-state index in [-0.39, 0.29) is 6.54 Å². The fourth-order valence-electron chi connectivity index (χ4n) is 3.33. The number of ketones is 1. The standard InChI is InChI=1S/C21H16ClNO3S/c22-17-12-10-16(11-13-17)21-20(24)18-8-4-5-9-19(18)23(27(21,25)26)14-15-6-2-1-3-7-15/h1-13,21H,14H2. The van der Waals surface area contributed by atoms with Crippen molar-refractivity contribution in [3.63, 3.8) is 0 Å². The molecular formula is C21H16ClNO3S. The lowest BCUT2D eigenvalue weighted by atomic mass is 10.0. The van der Waals surface area contributed by atoms with Crippen LogP contribution in [-0.2, 0) is 16.6 Å². The second-order valence-electron chi connectivity index (χ2n) is 6.35. The van der Waals surface area contributed by atoms with E-state index in [1.54, 1.807) is 48.5 Å². The van der Waals surface area contributed by atoms with Gasteiger partial charge in [-0.25, -0.2) is 8.42 Å². The summed E-state index contributed by atoms with van der Waals surface area (Å²) in [6, 6.07) is 22.5. The van der Waals surface area contributed by atoms with E-state index in [0.717, 1.165) is 5.56 Å². The second-order valence-corrected chi connectivity index (χ2v) is 8.73. The summed E-state index contributed by atoms with van der Waals surface area (Å²) in [5.74, 6) is -0.419. The van der Waals surface area contributed by atoms with Crippen LogP contribution in [0.2, 0.25) is 5.02 Å². The minimum Gasteiger partial charge on any atom is -0.292 e. The summed E-state index contributed by atoms with van der Waals surface area (Å²) in [7, 11) is -3.95. The predicted octanol–water partition coefficient (Wildman–Crippen LogP) is 4.61. The van der Waals surface area contributed by atoms with Crippen LogP contribution < -0.4 is 4.31 Å². The van der Waals surface area contributed by atoms with Crippen LogP contribution >= 0.6 is 11.6 Å². The van der Waals surface area contributed by atoms with Gasteiger partial charge in [-0.3, -0.25) is 9.10 Å². The molecule has 0 saturated carbocycles. The Kier molecular flexibility index (Phi) is 4.50. The molecule has 0 fully saturated rings. The van der Waals surface area contributed by atoms with Crippen LogP contribution in [0.15, 0.2) is 78.9 Å². The summed E-state index contributed by atoms with van der Waals surface area (Å²) >= 11 is 5.93. The van der Waals surface area contributed by atoms with E-state index in [1.807, 2.05) is 30.3 Å². The number of halogens is 1. The van der Waals surface area contributed by atoms with Gasteiger partial charge in [0.25, 0.3) is 0 Å². The smallest absolute Gasteiger partial charge is 0.250 e. The number of hydrogen-bond acceptors (Lipinski definition) is 3. The molecule has 0 saturated heterocycles. The molecule has 1 aliphatic rings. The Bertz CT molecular complexity index is 1100. The Hall–Kier alpha value is -2.63. The highest BCUT2D eigenvalue weighted by molar-refractivity contribution is 7.93. The number of anilines is 1. The summed E-state index contributed by atoms with van der Waals surface area (Å²) in [6.45, 7) is 0.164. The molecule has 27 heavy (non-hydrogen) atoms. The van der Waals surface area contributed by atoms with Gasteiger partial charge >= 0.3 is 0 Å². The number of nitrogens with zero attached hydrogens (tertiary/aromatic N) is 1. The molecule has 1 atom stereocenters. The molecule has 4 rings (SSSR count). The van der Waals surface area contributed by atoms with Gasteiger partial charge in [-0.05, 0) is 35.4 Å². The Labute approximate surface area is 163 Å². The molecular weight excluding hydrogens is 382 g/mol. The van der Waals surface area contributed by atoms with Crippen molar-refractivity contribution in [1.82, 2.24) is 0 Å². The van der Waals surface area contributed by atoms with Crippen molar-refractivity contribution >= 4 is 33.1 Å². The topological polar surface area (TPSA) is 54.5 Å². The number of hydrogen-bond donors (Lipinski definition) is 0. The van der Waals surface area contributed by atoms with E-state index < -0.39 is 21.1 Å². The first kappa shape index (κ1) is 17.8. The minimum atomic E-state index is -3.95. The fraction of sp³-hybridized carbons (Fsp3) is 0.0952. The normalized spacial score (nSPS) is 18.2. The first-order valence-electron chi connectivity index (χ1n) is 8.42. The maximum atomic E-state index is 13.4. The lowest BCUT2D eigenvalue weighted by Crippen LogP contribution is -2.42. The molecule has 0 N–H and O–H groups in total. The van der Waals surface area contributed by atoms with E-state index in [2.05, 4.69) is 0 Å². The van der Waals surface area contributed by atoms with Gasteiger partial charge in [0.1, 0.15) is 0 Å². The minimum absolute atomic E-state index is 0.164. The fourth-order valence-corrected chi connectivity index (χ4v) is 5.37. The number of para-hydroxylation sites is 1. The van der Waals surface area contributed by atoms with E-state index in [4.69, 9.17) is 11.6 Å². The van der Waals surface area contributed by atoms with E-state index >= 15 is 0 Å². The van der Waals surface area contributed by atoms with Crippen molar-refractivity contribution in [3.8, 4) is 0 Å². The maximum Gasteiger partial charge on any atom is 0.250 e. The third-order valence-electron chi connectivity index (χ3n) is 4.62. The average molecular weight is 398 g/mol. The number of fused-ring (bicyclic) bond motifs is 1. The molecule has 1 unspecified atom stereocenters. The molecule has 136 valence electrons. The van der Waals surface area contributed by atoms with Crippen molar-refractivity contribution in [2.24, 2.45) is 0 Å². The first-order chi connectivity index (χ1) is 13.0. The van der Waals surface area contributed by atoms with Crippen LogP contribution in [0, 0.1) is 0 Å². The van der Waals surface area contributed by atoms with Gasteiger partial charge in [-0.15, -0.1) is 0 Å². The Morgan fingerprint density at radius 3 is 2.19 bits per heavy atom. The van der Waals surface area contributed by atoms with Crippen molar-refractivity contribution in [2.75, 3.05) is 4.31 Å². The highest BCUT2D eigenvalue weighted by atomic mass is 35.5. The lowest BCUT2D eigenvalue weighted by Gasteiger charge is -2.34. The van der Waals surface area contributed by atoms with Gasteiger partial charge in [-0.2, -0.15) is 0 Å². The molecule has 1 heterocycles. The van der Waals surface area contributed by atoms with Gasteiger partial charge in [0.05, 0.1) is 12.2 Å². The van der Waals surface area contributed by atoms with E-state index in [9.17, 15) is 13.2 Å². The number of Topliss-reactive ketones (excluding diaryl/α,β-unsaturated/α-hetero) is 1. The summed E-state index contributed by atoms with van der Waals surface area (Å²) in [4.78, 5) is 13.1. The molecule has 0 bridgehead atoms. The Balaban J connectivity index is 1.88. The molecule has 0 aromatic heterocycles. The van der Waals surface area contributed by atoms with Crippen LogP contribution in [0.3, 0.4) is 0 Å². The molecule has 3 aromatic carbocycles. The quantitative estimate of drug-likeness (QED) is 0.648. The van der Waals surface area contributed by atoms with Gasteiger partial charge in [-0.1, -0.05) is 66.2 Å². The zero-order chi connectivity index (χ0) is 19.0. The molecule has 0 amide bonds. The van der Waals surface area contributed by atoms with Crippen molar-refractivity contribution < 1.29 is 13.2 Å². The maximum absolute atomic E-state index is 13.4. The van der Waals surface area contributed by atoms with E-state index in [0.29, 0.717) is 21.8 Å². The summed E-state index contributed by atoms with van der Waals surface area (Å²) < 4.78 is 28.2. The van der Waals surface area contributed by atoms with Crippen molar-refractivity contribution in [2.45, 2.75) is 11.8 Å². The van der Waals surface area contributed by atoms with Gasteiger partial charge in [0, 0.05) is 10.6 Å². The van der Waals surface area contributed by atoms with Crippen LogP contribution in [0.1, 0.15) is 26.7 Å². The summed E-state index contributed by atoms with van der Waals surface area (Å²) in [5.41, 5.74) is 2.08.